The van der Waals surface area contributed by atoms with Crippen molar-refractivity contribution in [3.63, 3.8) is 0 Å². The van der Waals surface area contributed by atoms with Gasteiger partial charge in [0.1, 0.15) is 0 Å². The first-order chi connectivity index (χ1) is 9.43. The van der Waals surface area contributed by atoms with Crippen molar-refractivity contribution < 1.29 is 48.2 Å². The third-order valence-electron chi connectivity index (χ3n) is 2.02. The second kappa shape index (κ2) is 12.7. The Kier molecular flexibility index (Phi) is 14.5. The van der Waals surface area contributed by atoms with E-state index < -0.39 is 22.4 Å². The minimum atomic E-state index is -0.558. The molecule has 2 heterocycles. The van der Waals surface area contributed by atoms with E-state index in [-0.39, 0.29) is 35.6 Å². The van der Waals surface area contributed by atoms with Crippen LogP contribution in [-0.4, -0.2) is 7.11 Å². The van der Waals surface area contributed by atoms with E-state index in [9.17, 15) is 19.8 Å². The number of rotatable bonds is 0. The topological polar surface area (TPSA) is 158 Å². The number of hydrogen-bond acceptors (Lipinski definition) is 7. The molecule has 0 spiro atoms. The average molecular weight is 348 g/mol. The molecule has 0 aliphatic heterocycles. The van der Waals surface area contributed by atoms with Gasteiger partial charge in [0.15, 0.2) is 10.9 Å². The molecule has 123 valence electrons. The summed E-state index contributed by atoms with van der Waals surface area (Å²) in [5.74, 6) is -0.833. The molecule has 0 bridgehead atoms. The predicted octanol–water partition coefficient (Wildman–Crippen LogP) is -1.10. The molecule has 0 unspecified atom stereocenters. The molecule has 0 atom stereocenters. The summed E-state index contributed by atoms with van der Waals surface area (Å²) in [6.45, 7) is 2.92. The maximum absolute atomic E-state index is 10.6. The van der Waals surface area contributed by atoms with E-state index in [1.165, 1.54) is 26.4 Å². The van der Waals surface area contributed by atoms with Crippen LogP contribution >= 0.6 is 0 Å². The Morgan fingerprint density at radius 1 is 0.818 bits per heavy atom. The summed E-state index contributed by atoms with van der Waals surface area (Å²) >= 11 is 0. The predicted molar refractivity (Wildman–Crippen MR) is 64.9 cm³/mol. The van der Waals surface area contributed by atoms with Crippen molar-refractivity contribution in [3.05, 3.63) is 56.6 Å². The minimum absolute atomic E-state index is 0. The molecule has 0 fully saturated rings. The second-order valence-electron chi connectivity index (χ2n) is 3.34. The summed E-state index contributed by atoms with van der Waals surface area (Å²) < 4.78 is 9.25. The Bertz CT molecular complexity index is 589. The van der Waals surface area contributed by atoms with Gasteiger partial charge < -0.3 is 29.6 Å². The molecule has 0 N–H and O–H groups in total. The van der Waals surface area contributed by atoms with Gasteiger partial charge in [-0.15, -0.1) is 0 Å². The van der Waals surface area contributed by atoms with E-state index in [1.54, 1.807) is 0 Å². The monoisotopic (exact) mass is 348 g/mol. The van der Waals surface area contributed by atoms with Crippen LogP contribution in [0.3, 0.4) is 0 Å². The van der Waals surface area contributed by atoms with E-state index in [2.05, 4.69) is 8.83 Å². The Balaban J connectivity index is -0.000000273. The summed E-state index contributed by atoms with van der Waals surface area (Å²) in [4.78, 5) is 20.9. The molecule has 0 aliphatic carbocycles. The van der Waals surface area contributed by atoms with E-state index in [1.807, 2.05) is 0 Å². The van der Waals surface area contributed by atoms with Crippen LogP contribution in [-0.2, 0) is 24.0 Å². The van der Waals surface area contributed by atoms with Crippen LogP contribution in [0.25, 0.3) is 0 Å². The standard InChI is InChI=1S/2C6H6O3.CH3O.O.V/c2*1-4-6(8)5(7)2-3-9-4;1-2;;/h2*2-3,8H,1H3;1H3;;/q;;-1;-2;/p-2. The van der Waals surface area contributed by atoms with Crippen molar-refractivity contribution in [2.24, 2.45) is 0 Å². The first-order valence-electron chi connectivity index (χ1n) is 5.35. The maximum atomic E-state index is 10.6. The number of aryl methyl sites for hydroxylation is 2. The van der Waals surface area contributed by atoms with Gasteiger partial charge in [0, 0.05) is 30.7 Å². The summed E-state index contributed by atoms with van der Waals surface area (Å²) in [6.07, 6.45) is 2.41. The fourth-order valence-electron chi connectivity index (χ4n) is 1.00. The van der Waals surface area contributed by atoms with Crippen molar-refractivity contribution in [3.8, 4) is 11.5 Å². The summed E-state index contributed by atoms with van der Waals surface area (Å²) in [6, 6.07) is 2.21. The Morgan fingerprint density at radius 2 is 1.09 bits per heavy atom. The van der Waals surface area contributed by atoms with E-state index >= 15 is 0 Å². The summed E-state index contributed by atoms with van der Waals surface area (Å²) in [5.41, 5.74) is -1.03. The third-order valence-corrected chi connectivity index (χ3v) is 2.02. The molecule has 8 nitrogen and oxygen atoms in total. The third kappa shape index (κ3) is 7.70. The van der Waals surface area contributed by atoms with Gasteiger partial charge in [0.2, 0.25) is 0 Å². The van der Waals surface area contributed by atoms with Crippen molar-refractivity contribution in [1.29, 1.82) is 0 Å². The van der Waals surface area contributed by atoms with Crippen LogP contribution in [0, 0.1) is 13.8 Å². The zero-order valence-electron chi connectivity index (χ0n) is 12.0. The molecule has 9 heteroatoms. The van der Waals surface area contributed by atoms with Crippen LogP contribution in [0.4, 0.5) is 0 Å². The Labute approximate surface area is 137 Å². The van der Waals surface area contributed by atoms with Crippen molar-refractivity contribution in [2.45, 2.75) is 13.8 Å². The molecule has 0 aliphatic rings. The molecular weight excluding hydrogens is 335 g/mol. The Hall–Kier alpha value is -2.00. The van der Waals surface area contributed by atoms with Gasteiger partial charge in [-0.2, -0.15) is 7.11 Å². The van der Waals surface area contributed by atoms with Gasteiger partial charge in [0.25, 0.3) is 0 Å². The minimum Gasteiger partial charge on any atom is -2.00 e. The molecular formula is C13H13O8V-5. The van der Waals surface area contributed by atoms with E-state index in [0.29, 0.717) is 0 Å². The van der Waals surface area contributed by atoms with Crippen LogP contribution in [0.2, 0.25) is 0 Å². The van der Waals surface area contributed by atoms with Crippen molar-refractivity contribution in [1.82, 2.24) is 0 Å². The summed E-state index contributed by atoms with van der Waals surface area (Å²) in [7, 11) is 0.750. The zero-order chi connectivity index (χ0) is 15.7. The van der Waals surface area contributed by atoms with E-state index in [0.717, 1.165) is 19.2 Å². The van der Waals surface area contributed by atoms with Gasteiger partial charge in [-0.05, 0) is 25.3 Å². The molecule has 0 saturated heterocycles. The normalized spacial score (nSPS) is 8.00. The average Bonchev–Trinajstić information content (AvgIpc) is 2.45. The van der Waals surface area contributed by atoms with E-state index in [4.69, 9.17) is 5.11 Å². The largest absolute Gasteiger partial charge is 2.00 e. The fourth-order valence-corrected chi connectivity index (χ4v) is 1.00. The maximum Gasteiger partial charge on any atom is 0.177 e. The fraction of sp³-hybridized carbons (Fsp3) is 0.231. The van der Waals surface area contributed by atoms with Gasteiger partial charge in [0.05, 0.1) is 24.0 Å². The van der Waals surface area contributed by atoms with Gasteiger partial charge in [-0.3, -0.25) is 9.59 Å². The van der Waals surface area contributed by atoms with Crippen molar-refractivity contribution in [2.75, 3.05) is 7.11 Å². The van der Waals surface area contributed by atoms with Crippen LogP contribution in [0.5, 0.6) is 11.5 Å². The Morgan fingerprint density at radius 3 is 1.27 bits per heavy atom. The molecule has 2 rings (SSSR count). The van der Waals surface area contributed by atoms with Crippen LogP contribution in [0.15, 0.2) is 43.1 Å². The van der Waals surface area contributed by atoms with Crippen molar-refractivity contribution >= 4 is 0 Å². The zero-order valence-corrected chi connectivity index (χ0v) is 13.4. The molecule has 2 aromatic rings. The molecule has 0 amide bonds. The number of hydrogen-bond donors (Lipinski definition) is 0. The van der Waals surface area contributed by atoms with Crippen LogP contribution < -0.4 is 26.2 Å². The first kappa shape index (κ1) is 25.0. The molecule has 0 aromatic carbocycles. The molecule has 0 saturated carbocycles. The van der Waals surface area contributed by atoms with Gasteiger partial charge >= 0.3 is 0 Å². The van der Waals surface area contributed by atoms with Gasteiger partial charge in [-0.25, -0.2) is 0 Å². The van der Waals surface area contributed by atoms with Crippen LogP contribution in [0.1, 0.15) is 11.5 Å². The SMILES string of the molecule is C[O-].Cc1occc(=O)c1[O-].Cc1occc(=O)c1[O-].[O-2].[V]. The molecule has 2 aromatic heterocycles. The summed E-state index contributed by atoms with van der Waals surface area (Å²) in [5, 5.41) is 29.4. The molecule has 22 heavy (non-hydrogen) atoms. The smallest absolute Gasteiger partial charge is 0.177 e. The first-order valence-corrected chi connectivity index (χ1v) is 5.35. The second-order valence-corrected chi connectivity index (χ2v) is 3.34. The van der Waals surface area contributed by atoms with Gasteiger partial charge in [-0.1, -0.05) is 0 Å². The quantitative estimate of drug-likeness (QED) is 0.584. The molecule has 1 radical (unpaired) electrons.